The van der Waals surface area contributed by atoms with Gasteiger partial charge in [0.1, 0.15) is 5.82 Å². The largest absolute Gasteiger partial charge is 0.380 e. The highest BCUT2D eigenvalue weighted by molar-refractivity contribution is 14.0. The van der Waals surface area contributed by atoms with Crippen LogP contribution in [0.15, 0.2) is 47.5 Å². The monoisotopic (exact) mass is 491 g/mol. The summed E-state index contributed by atoms with van der Waals surface area (Å²) in [6.45, 7) is 1.56. The van der Waals surface area contributed by atoms with Crippen molar-refractivity contribution in [2.45, 2.75) is 19.6 Å². The summed E-state index contributed by atoms with van der Waals surface area (Å²) in [6, 6.07) is 12.8. The summed E-state index contributed by atoms with van der Waals surface area (Å²) >= 11 is 5.88. The lowest BCUT2D eigenvalue weighted by Crippen LogP contribution is -2.37. The lowest BCUT2D eigenvalue weighted by atomic mass is 10.1. The van der Waals surface area contributed by atoms with Gasteiger partial charge in [0, 0.05) is 37.8 Å². The molecule has 0 aromatic heterocycles. The molecule has 2 aromatic carbocycles. The van der Waals surface area contributed by atoms with Crippen molar-refractivity contribution in [1.29, 1.82) is 0 Å². The average Bonchev–Trinajstić information content (AvgIpc) is 2.62. The van der Waals surface area contributed by atoms with Crippen molar-refractivity contribution >= 4 is 41.5 Å². The van der Waals surface area contributed by atoms with Crippen molar-refractivity contribution in [2.24, 2.45) is 4.99 Å². The van der Waals surface area contributed by atoms with Gasteiger partial charge in [-0.15, -0.1) is 24.0 Å². The summed E-state index contributed by atoms with van der Waals surface area (Å²) in [5.41, 5.74) is 2.72. The predicted octanol–water partition coefficient (Wildman–Crippen LogP) is 4.15. The number of guanidine groups is 1. The first kappa shape index (κ1) is 22.7. The first-order valence-electron chi connectivity index (χ1n) is 8.07. The van der Waals surface area contributed by atoms with E-state index >= 15 is 0 Å². The zero-order chi connectivity index (χ0) is 18.1. The Morgan fingerprint density at radius 3 is 2.46 bits per heavy atom. The molecule has 0 aliphatic heterocycles. The maximum atomic E-state index is 13.6. The highest BCUT2D eigenvalue weighted by Crippen LogP contribution is 2.12. The van der Waals surface area contributed by atoms with E-state index in [0.717, 1.165) is 23.6 Å². The number of benzene rings is 2. The summed E-state index contributed by atoms with van der Waals surface area (Å²) in [7, 11) is 3.27. The quantitative estimate of drug-likeness (QED) is 0.347. The Kier molecular flexibility index (Phi) is 10.5. The van der Waals surface area contributed by atoms with Crippen LogP contribution in [-0.2, 0) is 24.3 Å². The smallest absolute Gasteiger partial charge is 0.191 e. The minimum atomic E-state index is -0.254. The summed E-state index contributed by atoms with van der Waals surface area (Å²) in [4.78, 5) is 4.20. The van der Waals surface area contributed by atoms with Crippen LogP contribution in [0.4, 0.5) is 4.39 Å². The standard InChI is InChI=1S/C19H23ClFN3O.HI/c1-22-19(23-10-9-14-3-6-17(20)7-4-14)24-12-15-5-8-18(21)16(11-15)13-25-2;/h3-8,11H,9-10,12-13H2,1-2H3,(H2,22,23,24);1H. The fourth-order valence-corrected chi connectivity index (χ4v) is 2.51. The Hall–Kier alpha value is -1.38. The number of halogens is 3. The minimum absolute atomic E-state index is 0. The Morgan fingerprint density at radius 2 is 1.81 bits per heavy atom. The molecule has 0 amide bonds. The first-order chi connectivity index (χ1) is 12.1. The lowest BCUT2D eigenvalue weighted by molar-refractivity contribution is 0.181. The molecule has 0 aliphatic carbocycles. The molecule has 0 saturated heterocycles. The maximum Gasteiger partial charge on any atom is 0.191 e. The molecule has 0 atom stereocenters. The molecule has 2 N–H and O–H groups in total. The van der Waals surface area contributed by atoms with Crippen molar-refractivity contribution in [3.8, 4) is 0 Å². The second kappa shape index (κ2) is 12.1. The van der Waals surface area contributed by atoms with Crippen LogP contribution in [0.3, 0.4) is 0 Å². The van der Waals surface area contributed by atoms with Gasteiger partial charge >= 0.3 is 0 Å². The number of rotatable bonds is 7. The van der Waals surface area contributed by atoms with E-state index in [4.69, 9.17) is 16.3 Å². The highest BCUT2D eigenvalue weighted by atomic mass is 127. The Morgan fingerprint density at radius 1 is 1.12 bits per heavy atom. The number of nitrogens with zero attached hydrogens (tertiary/aromatic N) is 1. The predicted molar refractivity (Wildman–Crippen MR) is 116 cm³/mol. The first-order valence-corrected chi connectivity index (χ1v) is 8.45. The number of methoxy groups -OCH3 is 1. The van der Waals surface area contributed by atoms with Crippen LogP contribution in [-0.4, -0.2) is 26.7 Å². The lowest BCUT2D eigenvalue weighted by Gasteiger charge is -2.13. The van der Waals surface area contributed by atoms with E-state index in [2.05, 4.69) is 15.6 Å². The molecule has 0 heterocycles. The fraction of sp³-hybridized carbons (Fsp3) is 0.316. The van der Waals surface area contributed by atoms with E-state index in [0.29, 0.717) is 18.1 Å². The molecule has 0 aliphatic rings. The van der Waals surface area contributed by atoms with Gasteiger partial charge in [0.25, 0.3) is 0 Å². The molecule has 0 saturated carbocycles. The molecule has 26 heavy (non-hydrogen) atoms. The number of hydrogen-bond donors (Lipinski definition) is 2. The topological polar surface area (TPSA) is 45.7 Å². The molecular weight excluding hydrogens is 468 g/mol. The van der Waals surface area contributed by atoms with Crippen LogP contribution in [0.2, 0.25) is 5.02 Å². The van der Waals surface area contributed by atoms with Crippen molar-refractivity contribution < 1.29 is 9.13 Å². The number of ether oxygens (including phenoxy) is 1. The Labute approximate surface area is 176 Å². The Balaban J connectivity index is 0.00000338. The van der Waals surface area contributed by atoms with E-state index in [-0.39, 0.29) is 36.4 Å². The van der Waals surface area contributed by atoms with Crippen LogP contribution in [0.25, 0.3) is 0 Å². The third kappa shape index (κ3) is 7.47. The zero-order valence-corrected chi connectivity index (χ0v) is 18.0. The van der Waals surface area contributed by atoms with Gasteiger partial charge in [-0.25, -0.2) is 4.39 Å². The van der Waals surface area contributed by atoms with Crippen molar-refractivity contribution in [1.82, 2.24) is 10.6 Å². The van der Waals surface area contributed by atoms with Crippen LogP contribution >= 0.6 is 35.6 Å². The van der Waals surface area contributed by atoms with E-state index in [9.17, 15) is 4.39 Å². The third-order valence-electron chi connectivity index (χ3n) is 3.71. The number of nitrogens with one attached hydrogen (secondary N) is 2. The highest BCUT2D eigenvalue weighted by Gasteiger charge is 2.04. The van der Waals surface area contributed by atoms with Crippen molar-refractivity contribution in [3.05, 3.63) is 70.0 Å². The zero-order valence-electron chi connectivity index (χ0n) is 14.9. The number of aliphatic imine (C=N–C) groups is 1. The van der Waals surface area contributed by atoms with Gasteiger partial charge in [-0.05, 0) is 41.8 Å². The van der Waals surface area contributed by atoms with Gasteiger partial charge in [0.2, 0.25) is 0 Å². The normalized spacial score (nSPS) is 11.0. The molecule has 4 nitrogen and oxygen atoms in total. The third-order valence-corrected chi connectivity index (χ3v) is 3.96. The van der Waals surface area contributed by atoms with Gasteiger partial charge in [0.15, 0.2) is 5.96 Å². The Bertz CT molecular complexity index is 710. The van der Waals surface area contributed by atoms with Gasteiger partial charge in [-0.1, -0.05) is 29.8 Å². The molecular formula is C19H24ClFIN3O. The summed E-state index contributed by atoms with van der Waals surface area (Å²) in [5, 5.41) is 7.22. The summed E-state index contributed by atoms with van der Waals surface area (Å²) in [5.74, 6) is 0.447. The molecule has 0 radical (unpaired) electrons. The van der Waals surface area contributed by atoms with Gasteiger partial charge in [0.05, 0.1) is 6.61 Å². The van der Waals surface area contributed by atoms with Crippen LogP contribution < -0.4 is 10.6 Å². The molecule has 0 bridgehead atoms. The van der Waals surface area contributed by atoms with Crippen molar-refractivity contribution in [3.63, 3.8) is 0 Å². The maximum absolute atomic E-state index is 13.6. The van der Waals surface area contributed by atoms with Crippen LogP contribution in [0, 0.1) is 5.82 Å². The van der Waals surface area contributed by atoms with Crippen molar-refractivity contribution in [2.75, 3.05) is 20.7 Å². The molecule has 0 spiro atoms. The van der Waals surface area contributed by atoms with Crippen LogP contribution in [0.5, 0.6) is 0 Å². The second-order valence-electron chi connectivity index (χ2n) is 5.59. The molecule has 0 fully saturated rings. The molecule has 0 unspecified atom stereocenters. The second-order valence-corrected chi connectivity index (χ2v) is 6.02. The SMILES string of the molecule is CN=C(NCCc1ccc(Cl)cc1)NCc1ccc(F)c(COC)c1.I. The molecule has 2 aromatic rings. The molecule has 142 valence electrons. The fourth-order valence-electron chi connectivity index (χ4n) is 2.39. The number of hydrogen-bond acceptors (Lipinski definition) is 2. The minimum Gasteiger partial charge on any atom is -0.380 e. The van der Waals surface area contributed by atoms with E-state index < -0.39 is 0 Å². The van der Waals surface area contributed by atoms with E-state index in [1.807, 2.05) is 24.3 Å². The summed E-state index contributed by atoms with van der Waals surface area (Å²) < 4.78 is 18.6. The van der Waals surface area contributed by atoms with E-state index in [1.165, 1.54) is 11.6 Å². The van der Waals surface area contributed by atoms with Gasteiger partial charge in [-0.3, -0.25) is 4.99 Å². The molecule has 7 heteroatoms. The summed E-state index contributed by atoms with van der Waals surface area (Å²) in [6.07, 6.45) is 0.867. The van der Waals surface area contributed by atoms with Gasteiger partial charge in [-0.2, -0.15) is 0 Å². The van der Waals surface area contributed by atoms with Crippen LogP contribution in [0.1, 0.15) is 16.7 Å². The van der Waals surface area contributed by atoms with E-state index in [1.54, 1.807) is 26.3 Å². The van der Waals surface area contributed by atoms with Gasteiger partial charge < -0.3 is 15.4 Å². The average molecular weight is 492 g/mol. The molecule has 2 rings (SSSR count).